The van der Waals surface area contributed by atoms with E-state index in [1.807, 2.05) is 23.5 Å². The third-order valence-electron chi connectivity index (χ3n) is 7.25. The number of nitrogens with one attached hydrogen (secondary N) is 1. The van der Waals surface area contributed by atoms with Gasteiger partial charge in [-0.3, -0.25) is 9.59 Å². The lowest BCUT2D eigenvalue weighted by Gasteiger charge is -2.61. The van der Waals surface area contributed by atoms with Crippen molar-refractivity contribution in [1.82, 2.24) is 5.32 Å². The van der Waals surface area contributed by atoms with Gasteiger partial charge in [-0.25, -0.2) is 0 Å². The van der Waals surface area contributed by atoms with Crippen LogP contribution in [-0.4, -0.2) is 24.4 Å². The van der Waals surface area contributed by atoms with Crippen LogP contribution >= 0.6 is 0 Å². The zero-order chi connectivity index (χ0) is 20.2. The highest BCUT2D eigenvalue weighted by Gasteiger charge is 2.57. The molecule has 148 valence electrons. The topological polar surface area (TPSA) is 46.2 Å². The van der Waals surface area contributed by atoms with E-state index < -0.39 is 17.5 Å². The summed E-state index contributed by atoms with van der Waals surface area (Å²) in [7, 11) is 0. The van der Waals surface area contributed by atoms with E-state index in [9.17, 15) is 22.8 Å². The molecular weight excluding hydrogens is 355 g/mol. The molecule has 3 nitrogen and oxygen atoms in total. The van der Waals surface area contributed by atoms with E-state index in [0.717, 1.165) is 18.4 Å². The van der Waals surface area contributed by atoms with Gasteiger partial charge in [-0.1, -0.05) is 32.9 Å². The van der Waals surface area contributed by atoms with Crippen LogP contribution in [0.1, 0.15) is 74.4 Å². The number of hydrogen-bond donors (Lipinski definition) is 1. The molecule has 27 heavy (non-hydrogen) atoms. The molecule has 1 N–H and O–H groups in total. The normalized spacial score (nSPS) is 28.6. The summed E-state index contributed by atoms with van der Waals surface area (Å²) >= 11 is 0. The van der Waals surface area contributed by atoms with Crippen LogP contribution < -0.4 is 5.32 Å². The Hall–Kier alpha value is -1.85. The van der Waals surface area contributed by atoms with Crippen LogP contribution in [0.25, 0.3) is 0 Å². The lowest BCUT2D eigenvalue weighted by molar-refractivity contribution is -0.173. The summed E-state index contributed by atoms with van der Waals surface area (Å²) in [5, 5.41) is 2.01. The Kier molecular flexibility index (Phi) is 4.68. The fraction of sp³-hybridized carbons (Fsp3) is 0.619. The molecule has 1 fully saturated rings. The van der Waals surface area contributed by atoms with Crippen molar-refractivity contribution in [2.75, 3.05) is 6.54 Å². The van der Waals surface area contributed by atoms with Crippen LogP contribution in [0.2, 0.25) is 0 Å². The number of rotatable bonds is 4. The minimum atomic E-state index is -4.87. The number of carbonyl (C=O) groups is 2. The van der Waals surface area contributed by atoms with Gasteiger partial charge in [-0.05, 0) is 66.0 Å². The van der Waals surface area contributed by atoms with Gasteiger partial charge in [0.1, 0.15) is 0 Å². The number of carbonyl (C=O) groups excluding carboxylic acids is 2. The number of fused-ring (bicyclic) bond motifs is 3. The summed E-state index contributed by atoms with van der Waals surface area (Å²) < 4.78 is 37.5. The monoisotopic (exact) mass is 381 g/mol. The molecule has 1 aromatic carbocycles. The third kappa shape index (κ3) is 3.07. The minimum absolute atomic E-state index is 0.0286. The average Bonchev–Trinajstić information content (AvgIpc) is 2.51. The fourth-order valence-corrected chi connectivity index (χ4v) is 5.05. The summed E-state index contributed by atoms with van der Waals surface area (Å²) in [5.74, 6) is -1.04. The maximum absolute atomic E-state index is 12.5. The minimum Gasteiger partial charge on any atom is -0.348 e. The van der Waals surface area contributed by atoms with E-state index >= 15 is 0 Å². The molecule has 0 aromatic heterocycles. The zero-order valence-electron chi connectivity index (χ0n) is 16.2. The van der Waals surface area contributed by atoms with Crippen molar-refractivity contribution >= 4 is 11.7 Å². The van der Waals surface area contributed by atoms with Crippen molar-refractivity contribution in [3.63, 3.8) is 0 Å². The molecule has 0 aliphatic heterocycles. The third-order valence-corrected chi connectivity index (χ3v) is 7.25. The second kappa shape index (κ2) is 6.35. The lowest BCUT2D eigenvalue weighted by atomic mass is 9.43. The Labute approximate surface area is 157 Å². The molecule has 1 aromatic rings. The van der Waals surface area contributed by atoms with Gasteiger partial charge < -0.3 is 5.32 Å². The van der Waals surface area contributed by atoms with Crippen LogP contribution in [0, 0.1) is 11.3 Å². The zero-order valence-corrected chi connectivity index (χ0v) is 16.2. The first-order valence-electron chi connectivity index (χ1n) is 9.40. The highest BCUT2D eigenvalue weighted by atomic mass is 19.4. The largest absolute Gasteiger partial charge is 0.471 e. The molecule has 0 radical (unpaired) electrons. The molecule has 0 heterocycles. The Bertz CT molecular complexity index is 784. The summed E-state index contributed by atoms with van der Waals surface area (Å²) in [4.78, 5) is 23.1. The number of Topliss-reactive ketones (excluding diaryl/α,β-unsaturated/α-hetero) is 1. The summed E-state index contributed by atoms with van der Waals surface area (Å²) in [6.07, 6.45) is -2.29. The summed E-state index contributed by atoms with van der Waals surface area (Å²) in [6.45, 7) is 7.85. The van der Waals surface area contributed by atoms with E-state index in [-0.39, 0.29) is 17.7 Å². The first-order chi connectivity index (χ1) is 12.4. The van der Waals surface area contributed by atoms with Crippen LogP contribution in [0.4, 0.5) is 13.2 Å². The predicted octanol–water partition coefficient (Wildman–Crippen LogP) is 4.75. The SMILES string of the molecule is CC(=O)c1ccc2c(c1)C(C)(CCNC(=O)C(F)(F)F)C(C)(C)[C@@H]1CCC21. The fourth-order valence-electron chi connectivity index (χ4n) is 5.05. The van der Waals surface area contributed by atoms with Crippen LogP contribution in [0.5, 0.6) is 0 Å². The van der Waals surface area contributed by atoms with E-state index in [0.29, 0.717) is 23.8 Å². The Balaban J connectivity index is 1.96. The Morgan fingerprint density at radius 1 is 1.19 bits per heavy atom. The molecule has 2 aliphatic rings. The Morgan fingerprint density at radius 2 is 1.85 bits per heavy atom. The second-order valence-corrected chi connectivity index (χ2v) is 8.71. The molecule has 3 rings (SSSR count). The number of ketones is 1. The van der Waals surface area contributed by atoms with Crippen LogP contribution in [-0.2, 0) is 10.2 Å². The van der Waals surface area contributed by atoms with Crippen molar-refractivity contribution < 1.29 is 22.8 Å². The van der Waals surface area contributed by atoms with Gasteiger partial charge in [0.15, 0.2) is 5.78 Å². The molecule has 6 heteroatoms. The molecule has 1 saturated carbocycles. The molecule has 2 unspecified atom stereocenters. The standard InChI is InChI=1S/C21H26F3NO2/c1-12(26)13-5-6-15-14-7-8-16(14)19(2,3)20(4,17(15)11-13)9-10-25-18(27)21(22,23)24/h5-6,11,14,16H,7-10H2,1-4H3,(H,25,27)/t14?,16-,20?/m1/s1. The number of halogens is 3. The van der Waals surface area contributed by atoms with Crippen LogP contribution in [0.15, 0.2) is 18.2 Å². The summed E-state index contributed by atoms with van der Waals surface area (Å²) in [5.41, 5.74) is 2.28. The maximum atomic E-state index is 12.5. The highest BCUT2D eigenvalue weighted by molar-refractivity contribution is 5.94. The molecular formula is C21H26F3NO2. The number of amides is 1. The molecule has 0 spiro atoms. The second-order valence-electron chi connectivity index (χ2n) is 8.71. The van der Waals surface area contributed by atoms with Gasteiger partial charge in [0.05, 0.1) is 0 Å². The molecule has 1 amide bonds. The van der Waals surface area contributed by atoms with E-state index in [4.69, 9.17) is 0 Å². The molecule has 0 bridgehead atoms. The van der Waals surface area contributed by atoms with Crippen LogP contribution in [0.3, 0.4) is 0 Å². The van der Waals surface area contributed by atoms with Crippen molar-refractivity contribution in [2.24, 2.45) is 11.3 Å². The molecule has 3 atom stereocenters. The van der Waals surface area contributed by atoms with Gasteiger partial charge in [-0.15, -0.1) is 0 Å². The van der Waals surface area contributed by atoms with Gasteiger partial charge in [0.2, 0.25) is 0 Å². The predicted molar refractivity (Wildman–Crippen MR) is 96.7 cm³/mol. The number of benzene rings is 1. The highest BCUT2D eigenvalue weighted by Crippen LogP contribution is 2.65. The summed E-state index contributed by atoms with van der Waals surface area (Å²) in [6, 6.07) is 5.78. The van der Waals surface area contributed by atoms with Crippen molar-refractivity contribution in [3.8, 4) is 0 Å². The Morgan fingerprint density at radius 3 is 2.37 bits per heavy atom. The van der Waals surface area contributed by atoms with E-state index in [2.05, 4.69) is 20.8 Å². The molecule has 2 aliphatic carbocycles. The smallest absolute Gasteiger partial charge is 0.348 e. The van der Waals surface area contributed by atoms with Gasteiger partial charge in [0, 0.05) is 12.1 Å². The van der Waals surface area contributed by atoms with Gasteiger partial charge in [-0.2, -0.15) is 13.2 Å². The van der Waals surface area contributed by atoms with E-state index in [1.54, 1.807) is 0 Å². The number of alkyl halides is 3. The molecule has 0 saturated heterocycles. The first kappa shape index (κ1) is 19.9. The van der Waals surface area contributed by atoms with Crippen molar-refractivity contribution in [2.45, 2.75) is 64.5 Å². The van der Waals surface area contributed by atoms with Gasteiger partial charge >= 0.3 is 12.1 Å². The average molecular weight is 381 g/mol. The lowest BCUT2D eigenvalue weighted by Crippen LogP contribution is -2.55. The van der Waals surface area contributed by atoms with Crippen molar-refractivity contribution in [3.05, 3.63) is 34.9 Å². The quantitative estimate of drug-likeness (QED) is 0.765. The first-order valence-corrected chi connectivity index (χ1v) is 9.40. The van der Waals surface area contributed by atoms with Crippen molar-refractivity contribution in [1.29, 1.82) is 0 Å². The maximum Gasteiger partial charge on any atom is 0.471 e. The van der Waals surface area contributed by atoms with E-state index in [1.165, 1.54) is 12.5 Å². The van der Waals surface area contributed by atoms with Gasteiger partial charge in [0.25, 0.3) is 0 Å². The number of hydrogen-bond acceptors (Lipinski definition) is 2.